The van der Waals surface area contributed by atoms with E-state index in [1.54, 1.807) is 0 Å². The Hall–Kier alpha value is -3.71. The molecule has 2 heterocycles. The minimum absolute atomic E-state index is 0.0422. The molecule has 4 rings (SSSR count). The van der Waals surface area contributed by atoms with Crippen molar-refractivity contribution in [3.8, 4) is 29.0 Å². The van der Waals surface area contributed by atoms with Gasteiger partial charge in [-0.2, -0.15) is 36.9 Å². The summed E-state index contributed by atoms with van der Waals surface area (Å²) in [7, 11) is -2.52. The van der Waals surface area contributed by atoms with Crippen molar-refractivity contribution in [1.29, 1.82) is 0 Å². The van der Waals surface area contributed by atoms with Gasteiger partial charge in [-0.25, -0.2) is 4.98 Å². The Labute approximate surface area is 238 Å². The van der Waals surface area contributed by atoms with E-state index in [0.29, 0.717) is 43.8 Å². The van der Waals surface area contributed by atoms with Crippen molar-refractivity contribution in [1.82, 2.24) is 14.9 Å². The minimum atomic E-state index is -4.64. The van der Waals surface area contributed by atoms with E-state index in [1.165, 1.54) is 24.3 Å². The van der Waals surface area contributed by atoms with Crippen LogP contribution < -0.4 is 10.1 Å². The molecule has 2 aromatic carbocycles. The number of imidazole rings is 1. The lowest BCUT2D eigenvalue weighted by Gasteiger charge is -2.40. The third-order valence-corrected chi connectivity index (χ3v) is 7.91. The standard InChI is InChI=1S/C27H26F6N4O4S/c28-26(29,30)20-4-1-3-18(15-20)5-8-24(38)35-21-16-19(25-34-17-23(36-25)27(31,32)33)6-7-22(21)41-12-2-9-37-10-13-42(39,40)14-11-37/h1,3-4,6-7,15-17,39-40H,2,9-14H2,(H,34,36)(H,35,38). The smallest absolute Gasteiger partial charge is 0.432 e. The van der Waals surface area contributed by atoms with Crippen molar-refractivity contribution < 1.29 is 45.0 Å². The highest BCUT2D eigenvalue weighted by molar-refractivity contribution is 8.24. The summed E-state index contributed by atoms with van der Waals surface area (Å²) in [6.07, 6.45) is -8.04. The van der Waals surface area contributed by atoms with Crippen molar-refractivity contribution in [2.45, 2.75) is 18.8 Å². The third kappa shape index (κ3) is 8.65. The highest BCUT2D eigenvalue weighted by Crippen LogP contribution is 2.40. The van der Waals surface area contributed by atoms with Crippen LogP contribution >= 0.6 is 10.6 Å². The molecule has 1 amide bonds. The van der Waals surface area contributed by atoms with Crippen LogP contribution in [0.1, 0.15) is 23.2 Å². The van der Waals surface area contributed by atoms with Crippen molar-refractivity contribution in [3.63, 3.8) is 0 Å². The first-order valence-electron chi connectivity index (χ1n) is 12.6. The van der Waals surface area contributed by atoms with E-state index in [4.69, 9.17) is 4.74 Å². The molecule has 8 nitrogen and oxygen atoms in total. The number of amides is 1. The Morgan fingerprint density at radius 2 is 1.81 bits per heavy atom. The molecule has 0 bridgehead atoms. The lowest BCUT2D eigenvalue weighted by atomic mass is 10.1. The number of H-pyrrole nitrogens is 1. The second kappa shape index (κ2) is 12.7. The molecule has 0 spiro atoms. The number of anilines is 1. The van der Waals surface area contributed by atoms with E-state index in [-0.39, 0.29) is 35.0 Å². The summed E-state index contributed by atoms with van der Waals surface area (Å²) in [5.41, 5.74) is -1.76. The molecule has 0 unspecified atom stereocenters. The number of ether oxygens (including phenoxy) is 1. The van der Waals surface area contributed by atoms with Gasteiger partial charge in [0.2, 0.25) is 0 Å². The van der Waals surface area contributed by atoms with Crippen LogP contribution in [0, 0.1) is 11.8 Å². The van der Waals surface area contributed by atoms with E-state index in [1.807, 2.05) is 0 Å². The van der Waals surface area contributed by atoms with Crippen LogP contribution in [0.25, 0.3) is 11.4 Å². The van der Waals surface area contributed by atoms with Gasteiger partial charge in [0.25, 0.3) is 0 Å². The van der Waals surface area contributed by atoms with Gasteiger partial charge in [-0.3, -0.25) is 13.9 Å². The summed E-state index contributed by atoms with van der Waals surface area (Å²) in [6, 6.07) is 8.38. The molecule has 3 aromatic rings. The van der Waals surface area contributed by atoms with Gasteiger partial charge >= 0.3 is 18.3 Å². The van der Waals surface area contributed by atoms with E-state index in [0.717, 1.165) is 18.2 Å². The molecular weight excluding hydrogens is 590 g/mol. The number of alkyl halides is 6. The van der Waals surface area contributed by atoms with Crippen LogP contribution in [0.4, 0.5) is 32.0 Å². The number of hydrogen-bond donors (Lipinski definition) is 4. The normalized spacial score (nSPS) is 16.3. The Balaban J connectivity index is 1.49. The Bertz CT molecular complexity index is 1470. The number of carbonyl (C=O) groups excluding carboxylic acids is 1. The molecule has 42 heavy (non-hydrogen) atoms. The highest BCUT2D eigenvalue weighted by Gasteiger charge is 2.33. The number of nitrogens with one attached hydrogen (secondary N) is 2. The second-order valence-corrected chi connectivity index (χ2v) is 11.8. The Kier molecular flexibility index (Phi) is 9.41. The summed E-state index contributed by atoms with van der Waals surface area (Å²) in [5, 5.41) is 2.49. The van der Waals surface area contributed by atoms with Crippen LogP contribution in [0.5, 0.6) is 5.75 Å². The van der Waals surface area contributed by atoms with Gasteiger partial charge in [0.05, 0.1) is 35.6 Å². The molecule has 226 valence electrons. The number of benzene rings is 2. The SMILES string of the molecule is O=C(C#Cc1cccc(C(F)(F)F)c1)Nc1cc(-c2ncc(C(F)(F)F)[nH]2)ccc1OCCCN1CCS(O)(O)CC1. The lowest BCUT2D eigenvalue weighted by molar-refractivity contribution is -0.141. The molecular formula is C27H26F6N4O4S. The van der Waals surface area contributed by atoms with Gasteiger partial charge < -0.3 is 19.9 Å². The average Bonchev–Trinajstić information content (AvgIpc) is 3.42. The Morgan fingerprint density at radius 3 is 2.48 bits per heavy atom. The van der Waals surface area contributed by atoms with E-state index >= 15 is 0 Å². The molecule has 1 aliphatic rings. The van der Waals surface area contributed by atoms with Gasteiger partial charge in [0.15, 0.2) is 0 Å². The molecule has 4 N–H and O–H groups in total. The predicted molar refractivity (Wildman–Crippen MR) is 145 cm³/mol. The largest absolute Gasteiger partial charge is 0.491 e. The fourth-order valence-corrected chi connectivity index (χ4v) is 5.33. The van der Waals surface area contributed by atoms with E-state index in [2.05, 4.69) is 32.0 Å². The van der Waals surface area contributed by atoms with Gasteiger partial charge in [-0.1, -0.05) is 12.0 Å². The second-order valence-electron chi connectivity index (χ2n) is 9.39. The number of carbonyl (C=O) groups is 1. The molecule has 0 aliphatic carbocycles. The summed E-state index contributed by atoms with van der Waals surface area (Å²) in [6.45, 7) is 1.88. The summed E-state index contributed by atoms with van der Waals surface area (Å²) < 4.78 is 103. The van der Waals surface area contributed by atoms with Gasteiger partial charge in [0, 0.05) is 36.7 Å². The van der Waals surface area contributed by atoms with E-state index in [9.17, 15) is 40.2 Å². The van der Waals surface area contributed by atoms with Crippen molar-refractivity contribution in [2.24, 2.45) is 0 Å². The number of hydrogen-bond acceptors (Lipinski definition) is 6. The van der Waals surface area contributed by atoms with Crippen LogP contribution in [0.3, 0.4) is 0 Å². The topological polar surface area (TPSA) is 111 Å². The maximum absolute atomic E-state index is 13.0. The minimum Gasteiger partial charge on any atom is -0.491 e. The van der Waals surface area contributed by atoms with Crippen LogP contribution in [0.2, 0.25) is 0 Å². The molecule has 1 aromatic heterocycles. The first kappa shape index (κ1) is 31.2. The zero-order chi connectivity index (χ0) is 30.5. The lowest BCUT2D eigenvalue weighted by Crippen LogP contribution is -2.39. The number of aromatic amines is 1. The zero-order valence-corrected chi connectivity index (χ0v) is 22.7. The maximum atomic E-state index is 13.0. The molecule has 1 fully saturated rings. The van der Waals surface area contributed by atoms with Crippen LogP contribution in [-0.4, -0.2) is 67.6 Å². The average molecular weight is 617 g/mol. The zero-order valence-electron chi connectivity index (χ0n) is 21.8. The Morgan fingerprint density at radius 1 is 1.07 bits per heavy atom. The first-order chi connectivity index (χ1) is 19.7. The van der Waals surface area contributed by atoms with Gasteiger partial charge in [0.1, 0.15) is 17.3 Å². The molecule has 1 saturated heterocycles. The number of halogens is 6. The van der Waals surface area contributed by atoms with Crippen LogP contribution in [-0.2, 0) is 17.1 Å². The molecule has 15 heteroatoms. The van der Waals surface area contributed by atoms with Crippen LogP contribution in [0.15, 0.2) is 48.7 Å². The summed E-state index contributed by atoms with van der Waals surface area (Å²) >= 11 is 0. The molecule has 1 aliphatic heterocycles. The summed E-state index contributed by atoms with van der Waals surface area (Å²) in [5.74, 6) is 4.36. The highest BCUT2D eigenvalue weighted by atomic mass is 32.3. The maximum Gasteiger partial charge on any atom is 0.432 e. The van der Waals surface area contributed by atoms with Crippen molar-refractivity contribution in [2.75, 3.05) is 43.1 Å². The monoisotopic (exact) mass is 616 g/mol. The first-order valence-corrected chi connectivity index (χ1v) is 14.4. The number of aromatic nitrogens is 2. The molecule has 0 radical (unpaired) electrons. The fraction of sp³-hybridized carbons (Fsp3) is 0.333. The number of rotatable bonds is 7. The van der Waals surface area contributed by atoms with E-state index < -0.39 is 40.1 Å². The molecule has 0 saturated carbocycles. The van der Waals surface area contributed by atoms with Gasteiger partial charge in [-0.05, 0) is 42.8 Å². The number of nitrogens with zero attached hydrogens (tertiary/aromatic N) is 2. The quantitative estimate of drug-likeness (QED) is 0.149. The third-order valence-electron chi connectivity index (χ3n) is 6.24. The van der Waals surface area contributed by atoms with Crippen molar-refractivity contribution >= 4 is 22.2 Å². The summed E-state index contributed by atoms with van der Waals surface area (Å²) in [4.78, 5) is 20.6. The van der Waals surface area contributed by atoms with Crippen molar-refractivity contribution in [3.05, 3.63) is 65.5 Å². The fourth-order valence-electron chi connectivity index (χ4n) is 4.03. The predicted octanol–water partition coefficient (Wildman–Crippen LogP) is 5.94. The van der Waals surface area contributed by atoms with Gasteiger partial charge in [-0.15, -0.1) is 0 Å². The molecule has 0 atom stereocenters.